The number of aryl methyl sites for hydroxylation is 3. The second kappa shape index (κ2) is 5.83. The zero-order valence-corrected chi connectivity index (χ0v) is 13.1. The van der Waals surface area contributed by atoms with Crippen molar-refractivity contribution >= 4 is 5.91 Å². The van der Waals surface area contributed by atoms with E-state index < -0.39 is 0 Å². The summed E-state index contributed by atoms with van der Waals surface area (Å²) in [7, 11) is 0. The second-order valence-corrected chi connectivity index (χ2v) is 5.78. The van der Waals surface area contributed by atoms with Gasteiger partial charge in [-0.1, -0.05) is 6.07 Å². The maximum Gasteiger partial charge on any atom is 0.257 e. The molecule has 5 heteroatoms. The van der Waals surface area contributed by atoms with E-state index in [1.165, 1.54) is 0 Å². The molecule has 0 aromatic carbocycles. The lowest BCUT2D eigenvalue weighted by Crippen LogP contribution is -2.31. The van der Waals surface area contributed by atoms with Gasteiger partial charge in [0.15, 0.2) is 0 Å². The molecule has 0 aliphatic carbocycles. The number of hydrogen-bond donors (Lipinski definition) is 0. The average Bonchev–Trinajstić information content (AvgIpc) is 3.07. The number of carbonyl (C=O) groups is 1. The zero-order valence-electron chi connectivity index (χ0n) is 13.1. The number of pyridine rings is 1. The van der Waals surface area contributed by atoms with Crippen molar-refractivity contribution in [3.05, 3.63) is 47.0 Å². The van der Waals surface area contributed by atoms with Crippen LogP contribution in [0.25, 0.3) is 0 Å². The van der Waals surface area contributed by atoms with Crippen LogP contribution >= 0.6 is 0 Å². The Labute approximate surface area is 129 Å². The average molecular weight is 300 g/mol. The molecule has 1 aliphatic heterocycles. The van der Waals surface area contributed by atoms with Crippen LogP contribution in [0.1, 0.15) is 33.9 Å². The third-order valence-electron chi connectivity index (χ3n) is 3.88. The molecule has 22 heavy (non-hydrogen) atoms. The predicted molar refractivity (Wildman–Crippen MR) is 82.1 cm³/mol. The number of nitrogens with zero attached hydrogens (tertiary/aromatic N) is 2. The number of amides is 1. The van der Waals surface area contributed by atoms with Gasteiger partial charge < -0.3 is 14.1 Å². The molecular formula is C17H20N2O3. The maximum absolute atomic E-state index is 12.5. The lowest BCUT2D eigenvalue weighted by Gasteiger charge is -2.16. The molecule has 5 nitrogen and oxygen atoms in total. The fraction of sp³-hybridized carbons (Fsp3) is 0.412. The minimum absolute atomic E-state index is 0.00698. The first kappa shape index (κ1) is 14.6. The van der Waals surface area contributed by atoms with E-state index in [1.807, 2.05) is 37.8 Å². The highest BCUT2D eigenvalue weighted by molar-refractivity contribution is 5.95. The molecule has 0 saturated carbocycles. The normalized spacial score (nSPS) is 17.8. The fourth-order valence-corrected chi connectivity index (χ4v) is 2.72. The Morgan fingerprint density at radius 2 is 2.18 bits per heavy atom. The first-order valence-electron chi connectivity index (χ1n) is 7.48. The van der Waals surface area contributed by atoms with Gasteiger partial charge in [0.25, 0.3) is 5.91 Å². The molecule has 1 aliphatic rings. The maximum atomic E-state index is 12.5. The van der Waals surface area contributed by atoms with E-state index in [-0.39, 0.29) is 12.0 Å². The molecule has 2 aromatic rings. The molecule has 1 atom stereocenters. The Morgan fingerprint density at radius 1 is 1.36 bits per heavy atom. The molecule has 1 unspecified atom stereocenters. The number of likely N-dealkylation sites (tertiary alicyclic amines) is 1. The molecule has 0 spiro atoms. The van der Waals surface area contributed by atoms with Gasteiger partial charge in [-0.05, 0) is 32.4 Å². The van der Waals surface area contributed by atoms with Gasteiger partial charge in [-0.2, -0.15) is 0 Å². The van der Waals surface area contributed by atoms with Crippen LogP contribution in [0.2, 0.25) is 0 Å². The Bertz CT molecular complexity index is 676. The number of hydrogen-bond acceptors (Lipinski definition) is 4. The van der Waals surface area contributed by atoms with E-state index >= 15 is 0 Å². The van der Waals surface area contributed by atoms with Gasteiger partial charge in [0, 0.05) is 25.2 Å². The summed E-state index contributed by atoms with van der Waals surface area (Å²) in [6, 6.07) is 5.63. The first-order valence-corrected chi connectivity index (χ1v) is 7.48. The number of furan rings is 1. The molecule has 2 aromatic heterocycles. The third kappa shape index (κ3) is 2.98. The van der Waals surface area contributed by atoms with Crippen molar-refractivity contribution in [1.82, 2.24) is 9.88 Å². The summed E-state index contributed by atoms with van der Waals surface area (Å²) in [5, 5.41) is 0. The van der Waals surface area contributed by atoms with Crippen molar-refractivity contribution in [2.24, 2.45) is 0 Å². The SMILES string of the molecule is Cc1ccc(OC2CCN(C(=O)c3cc(C)oc3C)C2)nc1. The van der Waals surface area contributed by atoms with Crippen molar-refractivity contribution < 1.29 is 13.9 Å². The minimum Gasteiger partial charge on any atom is -0.472 e. The summed E-state index contributed by atoms with van der Waals surface area (Å²) in [5.41, 5.74) is 1.74. The van der Waals surface area contributed by atoms with Crippen LogP contribution in [0, 0.1) is 20.8 Å². The van der Waals surface area contributed by atoms with Gasteiger partial charge in [-0.15, -0.1) is 0 Å². The summed E-state index contributed by atoms with van der Waals surface area (Å²) in [5.74, 6) is 2.06. The van der Waals surface area contributed by atoms with E-state index in [0.29, 0.717) is 30.3 Å². The molecule has 1 fully saturated rings. The molecular weight excluding hydrogens is 280 g/mol. The highest BCUT2D eigenvalue weighted by Gasteiger charge is 2.30. The molecule has 0 N–H and O–H groups in total. The Hall–Kier alpha value is -2.30. The van der Waals surface area contributed by atoms with Crippen LogP contribution in [0.5, 0.6) is 5.88 Å². The Kier molecular flexibility index (Phi) is 3.88. The van der Waals surface area contributed by atoms with Crippen molar-refractivity contribution in [1.29, 1.82) is 0 Å². The van der Waals surface area contributed by atoms with Crippen LogP contribution in [-0.4, -0.2) is 35.0 Å². The molecule has 0 radical (unpaired) electrons. The van der Waals surface area contributed by atoms with Gasteiger partial charge in [-0.3, -0.25) is 4.79 Å². The zero-order chi connectivity index (χ0) is 15.7. The minimum atomic E-state index is -0.00698. The van der Waals surface area contributed by atoms with Gasteiger partial charge in [0.2, 0.25) is 5.88 Å². The highest BCUT2D eigenvalue weighted by Crippen LogP contribution is 2.21. The van der Waals surface area contributed by atoms with Crippen LogP contribution in [0.4, 0.5) is 0 Å². The van der Waals surface area contributed by atoms with Crippen LogP contribution in [0.3, 0.4) is 0 Å². The van der Waals surface area contributed by atoms with E-state index in [2.05, 4.69) is 4.98 Å². The van der Waals surface area contributed by atoms with Gasteiger partial charge in [-0.25, -0.2) is 4.98 Å². The monoisotopic (exact) mass is 300 g/mol. The van der Waals surface area contributed by atoms with Crippen molar-refractivity contribution in [3.8, 4) is 5.88 Å². The van der Waals surface area contributed by atoms with E-state index in [4.69, 9.17) is 9.15 Å². The largest absolute Gasteiger partial charge is 0.472 e. The Morgan fingerprint density at radius 3 is 2.82 bits per heavy atom. The summed E-state index contributed by atoms with van der Waals surface area (Å²) in [6.07, 6.45) is 2.59. The second-order valence-electron chi connectivity index (χ2n) is 5.78. The lowest BCUT2D eigenvalue weighted by atomic mass is 10.2. The molecule has 116 valence electrons. The summed E-state index contributed by atoms with van der Waals surface area (Å²) in [4.78, 5) is 18.6. The molecule has 0 bridgehead atoms. The third-order valence-corrected chi connectivity index (χ3v) is 3.88. The molecule has 1 saturated heterocycles. The van der Waals surface area contributed by atoms with Crippen LogP contribution in [0.15, 0.2) is 28.8 Å². The van der Waals surface area contributed by atoms with Crippen LogP contribution in [-0.2, 0) is 0 Å². The molecule has 1 amide bonds. The summed E-state index contributed by atoms with van der Waals surface area (Å²) < 4.78 is 11.3. The number of aromatic nitrogens is 1. The van der Waals surface area contributed by atoms with E-state index in [1.54, 1.807) is 12.3 Å². The number of ether oxygens (including phenoxy) is 1. The Balaban J connectivity index is 1.63. The quantitative estimate of drug-likeness (QED) is 0.874. The summed E-state index contributed by atoms with van der Waals surface area (Å²) in [6.45, 7) is 6.93. The van der Waals surface area contributed by atoms with Crippen molar-refractivity contribution in [2.75, 3.05) is 13.1 Å². The highest BCUT2D eigenvalue weighted by atomic mass is 16.5. The smallest absolute Gasteiger partial charge is 0.257 e. The first-order chi connectivity index (χ1) is 10.5. The standard InChI is InChI=1S/C17H20N2O3/c1-11-4-5-16(18-9-11)22-14-6-7-19(10-14)17(20)15-8-12(2)21-13(15)3/h4-5,8-9,14H,6-7,10H2,1-3H3. The fourth-order valence-electron chi connectivity index (χ4n) is 2.72. The van der Waals surface area contributed by atoms with Gasteiger partial charge in [0.1, 0.15) is 17.6 Å². The topological polar surface area (TPSA) is 55.6 Å². The predicted octanol–water partition coefficient (Wildman–Crippen LogP) is 2.89. The van der Waals surface area contributed by atoms with Crippen LogP contribution < -0.4 is 4.74 Å². The number of carbonyl (C=O) groups excluding carboxylic acids is 1. The van der Waals surface area contributed by atoms with E-state index in [9.17, 15) is 4.79 Å². The van der Waals surface area contributed by atoms with Crippen molar-refractivity contribution in [3.63, 3.8) is 0 Å². The molecule has 3 rings (SSSR count). The van der Waals surface area contributed by atoms with Gasteiger partial charge in [0.05, 0.1) is 12.1 Å². The summed E-state index contributed by atoms with van der Waals surface area (Å²) >= 11 is 0. The number of rotatable bonds is 3. The van der Waals surface area contributed by atoms with E-state index in [0.717, 1.165) is 17.7 Å². The molecule has 3 heterocycles. The van der Waals surface area contributed by atoms with Gasteiger partial charge >= 0.3 is 0 Å². The van der Waals surface area contributed by atoms with Crippen molar-refractivity contribution in [2.45, 2.75) is 33.3 Å². The lowest BCUT2D eigenvalue weighted by molar-refractivity contribution is 0.0769.